The molecule has 5 aromatic rings. The summed E-state index contributed by atoms with van der Waals surface area (Å²) in [6, 6.07) is 24.8. The van der Waals surface area contributed by atoms with Crippen molar-refractivity contribution in [2.75, 3.05) is 17.3 Å². The Hall–Kier alpha value is -4.23. The van der Waals surface area contributed by atoms with Crippen LogP contribution >= 0.6 is 11.8 Å². The van der Waals surface area contributed by atoms with E-state index < -0.39 is 0 Å². The summed E-state index contributed by atoms with van der Waals surface area (Å²) >= 11 is 1.59. The molecule has 2 aromatic heterocycles. The van der Waals surface area contributed by atoms with E-state index in [1.54, 1.807) is 28.8 Å². The SMILES string of the molecule is Cc1cccn2c(Nc3ccc4c(c3)Sc3ccccc3C(=O)N4C)c(-c3ccc(O)cc3)nc12. The first-order valence-electron chi connectivity index (χ1n) is 11.2. The Morgan fingerprint density at radius 3 is 2.57 bits per heavy atom. The average Bonchev–Trinajstić information content (AvgIpc) is 3.19. The number of aromatic nitrogens is 2. The van der Waals surface area contributed by atoms with Gasteiger partial charge in [-0.1, -0.05) is 30.0 Å². The number of hydrogen-bond donors (Lipinski definition) is 2. The fraction of sp³-hybridized carbons (Fsp3) is 0.0714. The van der Waals surface area contributed by atoms with E-state index in [0.29, 0.717) is 5.56 Å². The van der Waals surface area contributed by atoms with E-state index in [-0.39, 0.29) is 11.7 Å². The van der Waals surface area contributed by atoms with Crippen molar-refractivity contribution in [3.63, 3.8) is 0 Å². The lowest BCUT2D eigenvalue weighted by atomic mass is 10.1. The number of hydrogen-bond acceptors (Lipinski definition) is 5. The smallest absolute Gasteiger partial charge is 0.259 e. The van der Waals surface area contributed by atoms with Crippen LogP contribution in [0.5, 0.6) is 5.75 Å². The Bertz CT molecular complexity index is 1610. The van der Waals surface area contributed by atoms with Crippen molar-refractivity contribution in [2.45, 2.75) is 16.7 Å². The monoisotopic (exact) mass is 478 g/mol. The van der Waals surface area contributed by atoms with Gasteiger partial charge in [-0.15, -0.1) is 0 Å². The molecule has 7 heteroatoms. The van der Waals surface area contributed by atoms with Gasteiger partial charge in [-0.3, -0.25) is 9.20 Å². The summed E-state index contributed by atoms with van der Waals surface area (Å²) in [5.74, 6) is 1.03. The normalized spacial score (nSPS) is 12.9. The van der Waals surface area contributed by atoms with Crippen molar-refractivity contribution in [2.24, 2.45) is 0 Å². The highest BCUT2D eigenvalue weighted by molar-refractivity contribution is 7.99. The van der Waals surface area contributed by atoms with Crippen LogP contribution in [0.3, 0.4) is 0 Å². The van der Waals surface area contributed by atoms with Crippen LogP contribution in [0, 0.1) is 6.92 Å². The summed E-state index contributed by atoms with van der Waals surface area (Å²) < 4.78 is 2.04. The number of anilines is 3. The molecule has 0 radical (unpaired) electrons. The number of benzene rings is 3. The molecule has 0 saturated carbocycles. The van der Waals surface area contributed by atoms with Crippen molar-refractivity contribution >= 4 is 40.5 Å². The lowest BCUT2D eigenvalue weighted by Gasteiger charge is -2.18. The zero-order valence-electron chi connectivity index (χ0n) is 19.2. The molecule has 2 N–H and O–H groups in total. The molecule has 0 atom stereocenters. The van der Waals surface area contributed by atoms with Crippen LogP contribution in [0.1, 0.15) is 15.9 Å². The number of amides is 1. The first-order valence-corrected chi connectivity index (χ1v) is 12.0. The van der Waals surface area contributed by atoms with Crippen molar-refractivity contribution in [1.29, 1.82) is 0 Å². The summed E-state index contributed by atoms with van der Waals surface area (Å²) in [5, 5.41) is 13.3. The molecule has 6 nitrogen and oxygen atoms in total. The molecule has 6 rings (SSSR count). The number of carbonyl (C=O) groups excluding carboxylic acids is 1. The standard InChI is InChI=1S/C28H22N4O2S/c1-17-6-5-15-32-26(17)30-25(18-9-12-20(33)13-10-18)27(32)29-19-11-14-22-24(16-19)35-23-8-4-3-7-21(23)28(34)31(22)2/h3-16,29,33H,1-2H3. The number of aryl methyl sites for hydroxylation is 1. The number of phenolic OH excluding ortho intramolecular Hbond substituents is 1. The van der Waals surface area contributed by atoms with Crippen molar-refractivity contribution in [3.8, 4) is 17.0 Å². The number of fused-ring (bicyclic) bond motifs is 3. The number of nitrogens with zero attached hydrogens (tertiary/aromatic N) is 3. The van der Waals surface area contributed by atoms with Gasteiger partial charge >= 0.3 is 0 Å². The highest BCUT2D eigenvalue weighted by atomic mass is 32.2. The minimum absolute atomic E-state index is 0.0144. The van der Waals surface area contributed by atoms with E-state index in [4.69, 9.17) is 4.98 Å². The predicted octanol–water partition coefficient (Wildman–Crippen LogP) is 6.50. The third-order valence-corrected chi connectivity index (χ3v) is 7.33. The highest BCUT2D eigenvalue weighted by Gasteiger charge is 2.25. The van der Waals surface area contributed by atoms with Gasteiger partial charge in [-0.25, -0.2) is 4.98 Å². The van der Waals surface area contributed by atoms with Crippen LogP contribution in [-0.2, 0) is 0 Å². The Kier molecular flexibility index (Phi) is 5.00. The maximum absolute atomic E-state index is 13.0. The van der Waals surface area contributed by atoms with E-state index in [9.17, 15) is 9.90 Å². The number of imidazole rings is 1. The molecule has 3 aromatic carbocycles. The molecule has 1 aliphatic heterocycles. The van der Waals surface area contributed by atoms with E-state index in [2.05, 4.69) is 11.4 Å². The second-order valence-electron chi connectivity index (χ2n) is 8.51. The number of carbonyl (C=O) groups is 1. The van der Waals surface area contributed by atoms with Crippen molar-refractivity contribution in [3.05, 3.63) is 96.2 Å². The second-order valence-corrected chi connectivity index (χ2v) is 9.59. The van der Waals surface area contributed by atoms with Gasteiger partial charge in [0.15, 0.2) is 0 Å². The zero-order valence-corrected chi connectivity index (χ0v) is 20.0. The summed E-state index contributed by atoms with van der Waals surface area (Å²) in [5.41, 5.74) is 6.08. The van der Waals surface area contributed by atoms with Crippen LogP contribution in [0.25, 0.3) is 16.9 Å². The fourth-order valence-electron chi connectivity index (χ4n) is 4.37. The maximum Gasteiger partial charge on any atom is 0.259 e. The van der Waals surface area contributed by atoms with Gasteiger partial charge in [0.2, 0.25) is 0 Å². The Morgan fingerprint density at radius 2 is 1.74 bits per heavy atom. The largest absolute Gasteiger partial charge is 0.508 e. The van der Waals surface area contributed by atoms with Crippen molar-refractivity contribution in [1.82, 2.24) is 9.38 Å². The predicted molar refractivity (Wildman–Crippen MR) is 140 cm³/mol. The quantitative estimate of drug-likeness (QED) is 0.310. The molecule has 1 amide bonds. The van der Waals surface area contributed by atoms with Gasteiger partial charge in [0.25, 0.3) is 5.91 Å². The number of rotatable bonds is 3. The molecule has 1 aliphatic rings. The number of phenols is 1. The molecule has 0 bridgehead atoms. The molecule has 35 heavy (non-hydrogen) atoms. The number of nitrogens with one attached hydrogen (secondary N) is 1. The molecule has 0 saturated heterocycles. The van der Waals surface area contributed by atoms with Crippen LogP contribution in [0.4, 0.5) is 17.2 Å². The summed E-state index contributed by atoms with van der Waals surface area (Å²) in [6.07, 6.45) is 1.99. The van der Waals surface area contributed by atoms with Gasteiger partial charge in [-0.05, 0) is 73.2 Å². The zero-order chi connectivity index (χ0) is 24.1. The minimum atomic E-state index is -0.0144. The fourth-order valence-corrected chi connectivity index (χ4v) is 5.52. The van der Waals surface area contributed by atoms with E-state index in [0.717, 1.165) is 49.5 Å². The maximum atomic E-state index is 13.0. The molecule has 0 aliphatic carbocycles. The molecule has 3 heterocycles. The molecule has 0 unspecified atom stereocenters. The number of pyridine rings is 1. The molecule has 0 spiro atoms. The molecular formula is C28H22N4O2S. The Morgan fingerprint density at radius 1 is 0.943 bits per heavy atom. The van der Waals surface area contributed by atoms with Gasteiger partial charge in [0.1, 0.15) is 22.9 Å². The highest BCUT2D eigenvalue weighted by Crippen LogP contribution is 2.43. The average molecular weight is 479 g/mol. The summed E-state index contributed by atoms with van der Waals surface area (Å²) in [4.78, 5) is 21.6. The summed E-state index contributed by atoms with van der Waals surface area (Å²) in [7, 11) is 1.81. The summed E-state index contributed by atoms with van der Waals surface area (Å²) in [6.45, 7) is 2.04. The first-order chi connectivity index (χ1) is 17.0. The minimum Gasteiger partial charge on any atom is -0.508 e. The van der Waals surface area contributed by atoms with Gasteiger partial charge < -0.3 is 15.3 Å². The van der Waals surface area contributed by atoms with E-state index in [1.165, 1.54) is 0 Å². The Labute approximate surface area is 206 Å². The number of aromatic hydroxyl groups is 1. The lowest BCUT2D eigenvalue weighted by Crippen LogP contribution is -2.25. The molecule has 0 fully saturated rings. The molecule has 172 valence electrons. The Balaban J connectivity index is 1.47. The molecular weight excluding hydrogens is 456 g/mol. The third-order valence-electron chi connectivity index (χ3n) is 6.21. The van der Waals surface area contributed by atoms with Crippen molar-refractivity contribution < 1.29 is 9.90 Å². The van der Waals surface area contributed by atoms with Crippen LogP contribution in [0.2, 0.25) is 0 Å². The van der Waals surface area contributed by atoms with Crippen LogP contribution in [-0.4, -0.2) is 27.4 Å². The van der Waals surface area contributed by atoms with E-state index >= 15 is 0 Å². The van der Waals surface area contributed by atoms with Gasteiger partial charge in [-0.2, -0.15) is 0 Å². The van der Waals surface area contributed by atoms with Crippen LogP contribution in [0.15, 0.2) is 94.9 Å². The topological polar surface area (TPSA) is 69.9 Å². The van der Waals surface area contributed by atoms with Crippen LogP contribution < -0.4 is 10.2 Å². The third kappa shape index (κ3) is 3.61. The van der Waals surface area contributed by atoms with Gasteiger partial charge in [0.05, 0.1) is 11.3 Å². The van der Waals surface area contributed by atoms with E-state index in [1.807, 2.05) is 85.2 Å². The first kappa shape index (κ1) is 21.3. The van der Waals surface area contributed by atoms with Gasteiger partial charge in [0, 0.05) is 34.3 Å². The lowest BCUT2D eigenvalue weighted by molar-refractivity contribution is 0.0990. The second kappa shape index (κ2) is 8.21.